The van der Waals surface area contributed by atoms with Gasteiger partial charge in [0, 0.05) is 5.54 Å². The largest absolute Gasteiger partial charge is 0.325 e. The fraction of sp³-hybridized carbons (Fsp3) is 1.00. The number of hydrogen-bond donors (Lipinski definition) is 1. The predicted molar refractivity (Wildman–Crippen MR) is 72.5 cm³/mol. The molecule has 1 rings (SSSR count). The Hall–Kier alpha value is -0.0400. The summed E-state index contributed by atoms with van der Waals surface area (Å²) in [4.78, 5) is 0. The van der Waals surface area contributed by atoms with E-state index in [9.17, 15) is 0 Å². The molecule has 0 aromatic heterocycles. The van der Waals surface area contributed by atoms with Gasteiger partial charge >= 0.3 is 0 Å². The van der Waals surface area contributed by atoms with Gasteiger partial charge in [-0.2, -0.15) is 0 Å². The van der Waals surface area contributed by atoms with Gasteiger partial charge in [0.25, 0.3) is 0 Å². The fourth-order valence-electron chi connectivity index (χ4n) is 3.10. The van der Waals surface area contributed by atoms with Crippen LogP contribution in [0.3, 0.4) is 0 Å². The van der Waals surface area contributed by atoms with Crippen molar-refractivity contribution in [2.24, 2.45) is 17.6 Å². The number of rotatable bonds is 5. The van der Waals surface area contributed by atoms with Crippen LogP contribution in [0.4, 0.5) is 0 Å². The molecule has 96 valence electrons. The van der Waals surface area contributed by atoms with Crippen LogP contribution in [0.25, 0.3) is 0 Å². The van der Waals surface area contributed by atoms with E-state index in [2.05, 4.69) is 20.8 Å². The first-order valence-corrected chi connectivity index (χ1v) is 7.36. The quantitative estimate of drug-likeness (QED) is 0.541. The molecule has 0 aliphatic heterocycles. The SMILES string of the molecule is CCCCCC1(N)CCCC(C(C)C)CC1. The van der Waals surface area contributed by atoms with Crippen LogP contribution < -0.4 is 5.73 Å². The van der Waals surface area contributed by atoms with Gasteiger partial charge in [0.1, 0.15) is 0 Å². The van der Waals surface area contributed by atoms with Gasteiger partial charge in [0.2, 0.25) is 0 Å². The zero-order valence-electron chi connectivity index (χ0n) is 11.6. The van der Waals surface area contributed by atoms with Crippen LogP contribution in [-0.4, -0.2) is 5.54 Å². The molecular formula is C15H31N. The number of hydrogen-bond acceptors (Lipinski definition) is 1. The van der Waals surface area contributed by atoms with Gasteiger partial charge in [-0.1, -0.05) is 52.9 Å². The number of unbranched alkanes of at least 4 members (excludes halogenated alkanes) is 2. The molecule has 0 saturated heterocycles. The summed E-state index contributed by atoms with van der Waals surface area (Å²) in [5.74, 6) is 1.77. The molecule has 1 saturated carbocycles. The van der Waals surface area contributed by atoms with Gasteiger partial charge in [-0.3, -0.25) is 0 Å². The lowest BCUT2D eigenvalue weighted by Crippen LogP contribution is -2.39. The molecule has 0 aromatic rings. The van der Waals surface area contributed by atoms with Crippen molar-refractivity contribution in [3.63, 3.8) is 0 Å². The van der Waals surface area contributed by atoms with Gasteiger partial charge in [0.05, 0.1) is 0 Å². The maximum absolute atomic E-state index is 6.56. The van der Waals surface area contributed by atoms with Crippen LogP contribution in [0, 0.1) is 11.8 Å². The van der Waals surface area contributed by atoms with Crippen LogP contribution in [0.2, 0.25) is 0 Å². The zero-order chi connectivity index (χ0) is 12.0. The third kappa shape index (κ3) is 4.45. The van der Waals surface area contributed by atoms with Gasteiger partial charge in [-0.15, -0.1) is 0 Å². The van der Waals surface area contributed by atoms with Crippen LogP contribution in [-0.2, 0) is 0 Å². The lowest BCUT2D eigenvalue weighted by Gasteiger charge is -2.28. The Morgan fingerprint density at radius 3 is 2.56 bits per heavy atom. The highest BCUT2D eigenvalue weighted by Crippen LogP contribution is 2.35. The van der Waals surface area contributed by atoms with Crippen molar-refractivity contribution in [3.8, 4) is 0 Å². The first-order chi connectivity index (χ1) is 7.57. The lowest BCUT2D eigenvalue weighted by atomic mass is 9.84. The van der Waals surface area contributed by atoms with E-state index in [1.165, 1.54) is 57.8 Å². The van der Waals surface area contributed by atoms with Gasteiger partial charge in [-0.05, 0) is 37.5 Å². The minimum absolute atomic E-state index is 0.179. The van der Waals surface area contributed by atoms with Crippen LogP contribution in [0.5, 0.6) is 0 Å². The minimum atomic E-state index is 0.179. The first-order valence-electron chi connectivity index (χ1n) is 7.36. The Labute approximate surface area is 102 Å². The molecule has 0 spiro atoms. The summed E-state index contributed by atoms with van der Waals surface area (Å²) in [6.45, 7) is 7.00. The van der Waals surface area contributed by atoms with Crippen molar-refractivity contribution in [2.75, 3.05) is 0 Å². The standard InChI is InChI=1S/C15H31N/c1-4-5-6-10-15(16)11-7-8-14(9-12-15)13(2)3/h13-14H,4-12,16H2,1-3H3. The summed E-state index contributed by atoms with van der Waals surface area (Å²) in [6.07, 6.45) is 11.9. The Kier molecular flexibility index (Phi) is 5.82. The highest BCUT2D eigenvalue weighted by molar-refractivity contribution is 4.88. The van der Waals surface area contributed by atoms with E-state index in [0.29, 0.717) is 0 Å². The van der Waals surface area contributed by atoms with E-state index in [0.717, 1.165) is 11.8 Å². The molecule has 1 fully saturated rings. The summed E-state index contributed by atoms with van der Waals surface area (Å²) in [5, 5.41) is 0. The fourth-order valence-corrected chi connectivity index (χ4v) is 3.10. The number of nitrogens with two attached hydrogens (primary N) is 1. The molecule has 0 bridgehead atoms. The Morgan fingerprint density at radius 2 is 1.94 bits per heavy atom. The minimum Gasteiger partial charge on any atom is -0.325 e. The molecule has 0 aromatic carbocycles. The Morgan fingerprint density at radius 1 is 1.19 bits per heavy atom. The molecule has 1 aliphatic rings. The van der Waals surface area contributed by atoms with Gasteiger partial charge < -0.3 is 5.73 Å². The molecule has 0 heterocycles. The molecule has 1 heteroatoms. The van der Waals surface area contributed by atoms with E-state index in [1.807, 2.05) is 0 Å². The highest BCUT2D eigenvalue weighted by Gasteiger charge is 2.29. The van der Waals surface area contributed by atoms with E-state index < -0.39 is 0 Å². The molecule has 2 atom stereocenters. The van der Waals surface area contributed by atoms with E-state index in [1.54, 1.807) is 0 Å². The van der Waals surface area contributed by atoms with Crippen molar-refractivity contribution in [1.82, 2.24) is 0 Å². The van der Waals surface area contributed by atoms with Crippen LogP contribution >= 0.6 is 0 Å². The van der Waals surface area contributed by atoms with Crippen molar-refractivity contribution < 1.29 is 0 Å². The second-order valence-electron chi connectivity index (χ2n) is 6.25. The second kappa shape index (κ2) is 6.64. The van der Waals surface area contributed by atoms with Crippen LogP contribution in [0.1, 0.15) is 78.6 Å². The van der Waals surface area contributed by atoms with Gasteiger partial charge in [0.15, 0.2) is 0 Å². The predicted octanol–water partition coefficient (Wildman–Crippen LogP) is 4.50. The van der Waals surface area contributed by atoms with Crippen molar-refractivity contribution in [2.45, 2.75) is 84.1 Å². The molecular weight excluding hydrogens is 194 g/mol. The van der Waals surface area contributed by atoms with Crippen LogP contribution in [0.15, 0.2) is 0 Å². The summed E-state index contributed by atoms with van der Waals surface area (Å²) < 4.78 is 0. The Bertz CT molecular complexity index is 188. The van der Waals surface area contributed by atoms with Crippen molar-refractivity contribution >= 4 is 0 Å². The molecule has 0 amide bonds. The average Bonchev–Trinajstić information content (AvgIpc) is 2.41. The summed E-state index contributed by atoms with van der Waals surface area (Å²) >= 11 is 0. The van der Waals surface area contributed by atoms with E-state index >= 15 is 0 Å². The molecule has 16 heavy (non-hydrogen) atoms. The summed E-state index contributed by atoms with van der Waals surface area (Å²) in [6, 6.07) is 0. The zero-order valence-corrected chi connectivity index (χ0v) is 11.6. The molecule has 1 aliphatic carbocycles. The summed E-state index contributed by atoms with van der Waals surface area (Å²) in [7, 11) is 0. The van der Waals surface area contributed by atoms with Crippen molar-refractivity contribution in [1.29, 1.82) is 0 Å². The maximum Gasteiger partial charge on any atom is 0.0154 e. The van der Waals surface area contributed by atoms with Gasteiger partial charge in [-0.25, -0.2) is 0 Å². The molecule has 2 N–H and O–H groups in total. The smallest absolute Gasteiger partial charge is 0.0154 e. The third-order valence-corrected chi connectivity index (χ3v) is 4.48. The monoisotopic (exact) mass is 225 g/mol. The Balaban J connectivity index is 2.38. The first kappa shape index (κ1) is 14.0. The average molecular weight is 225 g/mol. The van der Waals surface area contributed by atoms with Crippen molar-refractivity contribution in [3.05, 3.63) is 0 Å². The molecule has 2 unspecified atom stereocenters. The molecule has 0 radical (unpaired) electrons. The second-order valence-corrected chi connectivity index (χ2v) is 6.25. The normalized spacial score (nSPS) is 31.7. The maximum atomic E-state index is 6.56. The third-order valence-electron chi connectivity index (χ3n) is 4.48. The van der Waals surface area contributed by atoms with E-state index in [-0.39, 0.29) is 5.54 Å². The van der Waals surface area contributed by atoms with E-state index in [4.69, 9.17) is 5.73 Å². The lowest BCUT2D eigenvalue weighted by molar-refractivity contribution is 0.307. The highest BCUT2D eigenvalue weighted by atomic mass is 14.7. The molecule has 1 nitrogen and oxygen atoms in total. The summed E-state index contributed by atoms with van der Waals surface area (Å²) in [5.41, 5.74) is 6.74. The topological polar surface area (TPSA) is 26.0 Å².